The van der Waals surface area contributed by atoms with Crippen LogP contribution in [-0.4, -0.2) is 18.2 Å². The second-order valence-electron chi connectivity index (χ2n) is 5.66. The number of rotatable bonds is 2. The van der Waals surface area contributed by atoms with Gasteiger partial charge in [-0.25, -0.2) is 0 Å². The molecule has 108 valence electrons. The van der Waals surface area contributed by atoms with Crippen LogP contribution in [0.1, 0.15) is 23.7 Å². The molecule has 21 heavy (non-hydrogen) atoms. The molecular formula is C16H14ClNO3. The molecule has 3 unspecified atom stereocenters. The number of ether oxygens (including phenoxy) is 1. The van der Waals surface area contributed by atoms with E-state index in [1.807, 2.05) is 24.3 Å². The molecule has 0 N–H and O–H groups in total. The van der Waals surface area contributed by atoms with E-state index in [-0.39, 0.29) is 17.8 Å². The molecule has 0 bridgehead atoms. The van der Waals surface area contributed by atoms with Crippen LogP contribution in [-0.2, 0) is 16.0 Å². The highest BCUT2D eigenvalue weighted by molar-refractivity contribution is 6.30. The summed E-state index contributed by atoms with van der Waals surface area (Å²) in [4.78, 5) is 11.8. The first kappa shape index (κ1) is 12.9. The molecule has 0 saturated heterocycles. The van der Waals surface area contributed by atoms with Crippen LogP contribution < -0.4 is 0 Å². The molecule has 4 nitrogen and oxygen atoms in total. The van der Waals surface area contributed by atoms with Gasteiger partial charge in [-0.3, -0.25) is 4.79 Å². The summed E-state index contributed by atoms with van der Waals surface area (Å²) < 4.78 is 10.4. The lowest BCUT2D eigenvalue weighted by atomic mass is 9.94. The van der Waals surface area contributed by atoms with E-state index in [0.29, 0.717) is 10.9 Å². The lowest BCUT2D eigenvalue weighted by molar-refractivity contribution is -0.142. The summed E-state index contributed by atoms with van der Waals surface area (Å²) in [5, 5.41) is 4.92. The zero-order valence-electron chi connectivity index (χ0n) is 11.5. The number of methoxy groups -OCH3 is 1. The van der Waals surface area contributed by atoms with Gasteiger partial charge in [0, 0.05) is 22.1 Å². The van der Waals surface area contributed by atoms with Crippen LogP contribution in [0.3, 0.4) is 0 Å². The molecule has 4 rings (SSSR count). The summed E-state index contributed by atoms with van der Waals surface area (Å²) in [5.41, 5.74) is 3.00. The van der Waals surface area contributed by atoms with Gasteiger partial charge < -0.3 is 9.26 Å². The van der Waals surface area contributed by atoms with Crippen molar-refractivity contribution in [2.45, 2.75) is 18.8 Å². The minimum Gasteiger partial charge on any atom is -0.469 e. The van der Waals surface area contributed by atoms with Crippen LogP contribution in [0.15, 0.2) is 28.8 Å². The largest absolute Gasteiger partial charge is 0.469 e. The van der Waals surface area contributed by atoms with Crippen LogP contribution in [0, 0.1) is 11.8 Å². The van der Waals surface area contributed by atoms with E-state index in [4.69, 9.17) is 20.9 Å². The number of hydrogen-bond donors (Lipinski definition) is 0. The van der Waals surface area contributed by atoms with E-state index in [1.165, 1.54) is 7.11 Å². The molecule has 2 aliphatic rings. The van der Waals surface area contributed by atoms with Crippen molar-refractivity contribution in [3.63, 3.8) is 0 Å². The van der Waals surface area contributed by atoms with Crippen LogP contribution in [0.5, 0.6) is 0 Å². The summed E-state index contributed by atoms with van der Waals surface area (Å²) in [6.45, 7) is 0. The lowest BCUT2D eigenvalue weighted by Crippen LogP contribution is -2.04. The van der Waals surface area contributed by atoms with Gasteiger partial charge in [0.1, 0.15) is 11.5 Å². The molecular weight excluding hydrogens is 290 g/mol. The molecule has 2 aliphatic carbocycles. The number of carbonyl (C=O) groups is 1. The summed E-state index contributed by atoms with van der Waals surface area (Å²) in [6.07, 6.45) is 1.88. The Labute approximate surface area is 127 Å². The zero-order valence-corrected chi connectivity index (χ0v) is 12.3. The van der Waals surface area contributed by atoms with E-state index in [2.05, 4.69) is 5.16 Å². The molecule has 3 atom stereocenters. The Hall–Kier alpha value is -1.81. The monoisotopic (exact) mass is 303 g/mol. The van der Waals surface area contributed by atoms with Crippen molar-refractivity contribution in [1.29, 1.82) is 0 Å². The number of hydrogen-bond acceptors (Lipinski definition) is 4. The second kappa shape index (κ2) is 4.60. The maximum absolute atomic E-state index is 11.8. The van der Waals surface area contributed by atoms with Crippen molar-refractivity contribution < 1.29 is 14.1 Å². The molecule has 0 aliphatic heterocycles. The summed E-state index contributed by atoms with van der Waals surface area (Å²) >= 11 is 5.92. The van der Waals surface area contributed by atoms with Crippen molar-refractivity contribution in [3.8, 4) is 11.3 Å². The van der Waals surface area contributed by atoms with Gasteiger partial charge >= 0.3 is 5.97 Å². The highest BCUT2D eigenvalue weighted by atomic mass is 35.5. The Balaban J connectivity index is 1.70. The number of nitrogens with zero attached hydrogens (tertiary/aromatic N) is 1. The van der Waals surface area contributed by atoms with Crippen LogP contribution in [0.4, 0.5) is 0 Å². The van der Waals surface area contributed by atoms with Gasteiger partial charge in [0.05, 0.1) is 13.0 Å². The Bertz CT molecular complexity index is 707. The van der Waals surface area contributed by atoms with E-state index < -0.39 is 0 Å². The summed E-state index contributed by atoms with van der Waals surface area (Å²) in [6, 6.07) is 7.57. The highest BCUT2D eigenvalue weighted by Crippen LogP contribution is 2.61. The maximum atomic E-state index is 11.8. The summed E-state index contributed by atoms with van der Waals surface area (Å²) in [7, 11) is 1.44. The molecule has 2 aromatic rings. The highest BCUT2D eigenvalue weighted by Gasteiger charge is 2.60. The maximum Gasteiger partial charge on any atom is 0.309 e. The third-order valence-corrected chi connectivity index (χ3v) is 4.86. The molecule has 1 fully saturated rings. The average molecular weight is 304 g/mol. The topological polar surface area (TPSA) is 52.3 Å². The third kappa shape index (κ3) is 1.89. The predicted octanol–water partition coefficient (Wildman–Crippen LogP) is 3.44. The molecule has 0 spiro atoms. The van der Waals surface area contributed by atoms with Gasteiger partial charge in [-0.1, -0.05) is 28.9 Å². The molecule has 1 saturated carbocycles. The predicted molar refractivity (Wildman–Crippen MR) is 77.0 cm³/mol. The SMILES string of the molecule is COC(=O)C1C2CCc3c(-c4ccc(Cl)cc4)noc3C21. The first-order chi connectivity index (χ1) is 10.2. The number of fused-ring (bicyclic) bond motifs is 3. The van der Waals surface area contributed by atoms with Gasteiger partial charge in [-0.2, -0.15) is 0 Å². The third-order valence-electron chi connectivity index (χ3n) is 4.61. The minimum atomic E-state index is -0.137. The van der Waals surface area contributed by atoms with Gasteiger partial charge in [-0.15, -0.1) is 0 Å². The fraction of sp³-hybridized carbons (Fsp3) is 0.375. The molecule has 1 aromatic heterocycles. The van der Waals surface area contributed by atoms with Gasteiger partial charge in [0.15, 0.2) is 0 Å². The van der Waals surface area contributed by atoms with Crippen molar-refractivity contribution in [2.75, 3.05) is 7.11 Å². The fourth-order valence-electron chi connectivity index (χ4n) is 3.52. The molecule has 1 heterocycles. The van der Waals surface area contributed by atoms with Crippen LogP contribution in [0.25, 0.3) is 11.3 Å². The standard InChI is InChI=1S/C16H14ClNO3/c1-20-16(19)13-10-6-7-11-14(18-21-15(11)12(10)13)8-2-4-9(17)5-3-8/h2-5,10,12-13H,6-7H2,1H3. The van der Waals surface area contributed by atoms with Crippen molar-refractivity contribution in [2.24, 2.45) is 11.8 Å². The fourth-order valence-corrected chi connectivity index (χ4v) is 3.65. The van der Waals surface area contributed by atoms with Crippen molar-refractivity contribution in [1.82, 2.24) is 5.16 Å². The van der Waals surface area contributed by atoms with Crippen LogP contribution >= 0.6 is 11.6 Å². The van der Waals surface area contributed by atoms with E-state index in [9.17, 15) is 4.79 Å². The molecule has 0 radical (unpaired) electrons. The Morgan fingerprint density at radius 2 is 2.14 bits per heavy atom. The number of carbonyl (C=O) groups excluding carboxylic acids is 1. The number of halogens is 1. The quantitative estimate of drug-likeness (QED) is 0.797. The Kier molecular flexibility index (Phi) is 2.82. The average Bonchev–Trinajstić information content (AvgIpc) is 3.09. The number of aromatic nitrogens is 1. The van der Waals surface area contributed by atoms with E-state index in [0.717, 1.165) is 35.4 Å². The summed E-state index contributed by atoms with van der Waals surface area (Å²) in [5.74, 6) is 1.18. The first-order valence-corrected chi connectivity index (χ1v) is 7.40. The molecule has 5 heteroatoms. The molecule has 1 aromatic carbocycles. The van der Waals surface area contributed by atoms with E-state index >= 15 is 0 Å². The minimum absolute atomic E-state index is 0.0535. The molecule has 0 amide bonds. The normalized spacial score (nSPS) is 25.9. The van der Waals surface area contributed by atoms with Crippen molar-refractivity contribution in [3.05, 3.63) is 40.6 Å². The van der Waals surface area contributed by atoms with E-state index in [1.54, 1.807) is 0 Å². The second-order valence-corrected chi connectivity index (χ2v) is 6.09. The number of benzene rings is 1. The van der Waals surface area contributed by atoms with Crippen molar-refractivity contribution >= 4 is 17.6 Å². The Morgan fingerprint density at radius 1 is 1.38 bits per heavy atom. The van der Waals surface area contributed by atoms with Gasteiger partial charge in [-0.05, 0) is 30.9 Å². The first-order valence-electron chi connectivity index (χ1n) is 7.03. The zero-order chi connectivity index (χ0) is 14.6. The Morgan fingerprint density at radius 3 is 2.86 bits per heavy atom. The van der Waals surface area contributed by atoms with Gasteiger partial charge in [0.2, 0.25) is 0 Å². The smallest absolute Gasteiger partial charge is 0.309 e. The van der Waals surface area contributed by atoms with Gasteiger partial charge in [0.25, 0.3) is 0 Å². The number of esters is 1. The lowest BCUT2D eigenvalue weighted by Gasteiger charge is -2.08. The van der Waals surface area contributed by atoms with Crippen LogP contribution in [0.2, 0.25) is 5.02 Å².